The van der Waals surface area contributed by atoms with Gasteiger partial charge < -0.3 is 5.32 Å². The number of rotatable bonds is 6. The maximum atomic E-state index is 3.54. The average Bonchev–Trinajstić information content (AvgIpc) is 2.94. The summed E-state index contributed by atoms with van der Waals surface area (Å²) in [6.45, 7) is 6.77. The topological polar surface area (TPSA) is 12.0 Å². The van der Waals surface area contributed by atoms with Crippen molar-refractivity contribution in [3.05, 3.63) is 54.3 Å². The maximum absolute atomic E-state index is 3.54. The molecule has 1 unspecified atom stereocenters. The number of thiophene rings is 1. The van der Waals surface area contributed by atoms with Gasteiger partial charge in [-0.05, 0) is 88.2 Å². The molecular weight excluding hydrogens is 389 g/mol. The van der Waals surface area contributed by atoms with Crippen LogP contribution in [-0.4, -0.2) is 7.05 Å². The Morgan fingerprint density at radius 3 is 2.05 bits per heavy atom. The van der Waals surface area contributed by atoms with Crippen molar-refractivity contribution in [2.75, 3.05) is 7.05 Å². The Kier molecular flexibility index (Phi) is 6.26. The molecule has 0 saturated heterocycles. The zero-order valence-electron chi connectivity index (χ0n) is 13.3. The van der Waals surface area contributed by atoms with E-state index < -0.39 is 0 Å². The highest BCUT2D eigenvalue weighted by Gasteiger charge is 2.20. The van der Waals surface area contributed by atoms with E-state index in [0.29, 0.717) is 6.04 Å². The molecule has 0 amide bonds. The Labute approximate surface area is 146 Å². The fourth-order valence-corrected chi connectivity index (χ4v) is 4.36. The lowest BCUT2D eigenvalue weighted by Crippen LogP contribution is -2.20. The van der Waals surface area contributed by atoms with Crippen molar-refractivity contribution in [3.63, 3.8) is 0 Å². The van der Waals surface area contributed by atoms with Gasteiger partial charge in [-0.3, -0.25) is 0 Å². The lowest BCUT2D eigenvalue weighted by molar-refractivity contribution is 0.677. The fourth-order valence-electron chi connectivity index (χ4n) is 2.96. The van der Waals surface area contributed by atoms with Gasteiger partial charge in [-0.25, -0.2) is 0 Å². The van der Waals surface area contributed by atoms with E-state index in [1.165, 1.54) is 30.7 Å². The minimum Gasteiger partial charge on any atom is -0.309 e. The molecule has 3 heteroatoms. The molecule has 1 N–H and O–H groups in total. The maximum Gasteiger partial charge on any atom is 0.0656 e. The first-order valence-corrected chi connectivity index (χ1v) is 9.66. The molecule has 2 rings (SSSR count). The largest absolute Gasteiger partial charge is 0.309 e. The van der Waals surface area contributed by atoms with Crippen molar-refractivity contribution in [3.8, 4) is 0 Å². The second-order valence-electron chi connectivity index (χ2n) is 5.29. The third-order valence-corrected chi connectivity index (χ3v) is 5.89. The van der Waals surface area contributed by atoms with E-state index in [1.807, 2.05) is 11.3 Å². The predicted octanol–water partition coefficient (Wildman–Crippen LogP) is 5.35. The predicted molar refractivity (Wildman–Crippen MR) is 103 cm³/mol. The quantitative estimate of drug-likeness (QED) is 0.630. The molecule has 0 aliphatic rings. The fraction of sp³-hybridized carbons (Fsp3) is 0.444. The van der Waals surface area contributed by atoms with Gasteiger partial charge in [0.15, 0.2) is 0 Å². The average molecular weight is 413 g/mol. The van der Waals surface area contributed by atoms with E-state index in [1.54, 1.807) is 0 Å². The summed E-state index contributed by atoms with van der Waals surface area (Å²) in [7, 11) is 2.07. The highest BCUT2D eigenvalue weighted by molar-refractivity contribution is 14.1. The molecule has 2 aromatic rings. The SMILES string of the molecule is CCc1cc(CC)c(C(NC)c2csc(I)c2)c(CC)c1. The molecule has 0 fully saturated rings. The number of aryl methyl sites for hydroxylation is 3. The molecule has 0 spiro atoms. The molecule has 1 nitrogen and oxygen atoms in total. The molecule has 114 valence electrons. The van der Waals surface area contributed by atoms with Gasteiger partial charge in [0, 0.05) is 0 Å². The summed E-state index contributed by atoms with van der Waals surface area (Å²) in [5.74, 6) is 0. The van der Waals surface area contributed by atoms with Crippen molar-refractivity contribution in [1.82, 2.24) is 5.32 Å². The van der Waals surface area contributed by atoms with Crippen molar-refractivity contribution in [2.24, 2.45) is 0 Å². The zero-order valence-corrected chi connectivity index (χ0v) is 16.3. The molecule has 0 saturated carbocycles. The van der Waals surface area contributed by atoms with Crippen LogP contribution in [0.1, 0.15) is 54.6 Å². The normalized spacial score (nSPS) is 12.6. The van der Waals surface area contributed by atoms with Crippen LogP contribution in [0.2, 0.25) is 0 Å². The first kappa shape index (κ1) is 17.0. The number of halogens is 1. The molecule has 1 aromatic heterocycles. The Balaban J connectivity index is 2.58. The molecule has 1 atom stereocenters. The van der Waals surface area contributed by atoms with Gasteiger partial charge in [0.1, 0.15) is 0 Å². The first-order chi connectivity index (χ1) is 10.1. The Morgan fingerprint density at radius 1 is 1.05 bits per heavy atom. The number of hydrogen-bond acceptors (Lipinski definition) is 2. The molecule has 21 heavy (non-hydrogen) atoms. The molecule has 1 heterocycles. The highest BCUT2D eigenvalue weighted by atomic mass is 127. The van der Waals surface area contributed by atoms with E-state index in [9.17, 15) is 0 Å². The van der Waals surface area contributed by atoms with Crippen molar-refractivity contribution >= 4 is 33.9 Å². The number of nitrogens with one attached hydrogen (secondary N) is 1. The van der Waals surface area contributed by atoms with E-state index in [2.05, 4.69) is 79.3 Å². The molecule has 1 aromatic carbocycles. The van der Waals surface area contributed by atoms with E-state index in [0.717, 1.165) is 19.3 Å². The smallest absolute Gasteiger partial charge is 0.0656 e. The first-order valence-electron chi connectivity index (χ1n) is 7.70. The van der Waals surface area contributed by atoms with Gasteiger partial charge >= 0.3 is 0 Å². The Morgan fingerprint density at radius 2 is 1.67 bits per heavy atom. The van der Waals surface area contributed by atoms with Crippen LogP contribution >= 0.6 is 33.9 Å². The van der Waals surface area contributed by atoms with Gasteiger partial charge in [0.2, 0.25) is 0 Å². The summed E-state index contributed by atoms with van der Waals surface area (Å²) < 4.78 is 1.35. The minimum atomic E-state index is 0.306. The van der Waals surface area contributed by atoms with Crippen molar-refractivity contribution in [1.29, 1.82) is 0 Å². The number of hydrogen-bond donors (Lipinski definition) is 1. The van der Waals surface area contributed by atoms with E-state index in [4.69, 9.17) is 0 Å². The summed E-state index contributed by atoms with van der Waals surface area (Å²) in [4.78, 5) is 0. The van der Waals surface area contributed by atoms with E-state index >= 15 is 0 Å². The van der Waals surface area contributed by atoms with Gasteiger partial charge in [-0.2, -0.15) is 0 Å². The zero-order chi connectivity index (χ0) is 15.4. The third-order valence-electron chi connectivity index (χ3n) is 4.08. The van der Waals surface area contributed by atoms with Crippen LogP contribution in [0.4, 0.5) is 0 Å². The lowest BCUT2D eigenvalue weighted by atomic mass is 9.87. The second kappa shape index (κ2) is 7.75. The van der Waals surface area contributed by atoms with Crippen LogP contribution in [-0.2, 0) is 19.3 Å². The van der Waals surface area contributed by atoms with Crippen LogP contribution in [0.3, 0.4) is 0 Å². The minimum absolute atomic E-state index is 0.306. The van der Waals surface area contributed by atoms with Crippen LogP contribution in [0.5, 0.6) is 0 Å². The van der Waals surface area contributed by atoms with Crippen LogP contribution in [0.25, 0.3) is 0 Å². The number of benzene rings is 1. The van der Waals surface area contributed by atoms with Gasteiger partial charge in [-0.1, -0.05) is 32.9 Å². The molecular formula is C18H24INS. The van der Waals surface area contributed by atoms with Crippen molar-refractivity contribution < 1.29 is 0 Å². The van der Waals surface area contributed by atoms with Gasteiger partial charge in [0.05, 0.1) is 8.93 Å². The van der Waals surface area contributed by atoms with Crippen molar-refractivity contribution in [2.45, 2.75) is 46.1 Å². The summed E-state index contributed by atoms with van der Waals surface area (Å²) in [5.41, 5.74) is 7.33. The third kappa shape index (κ3) is 3.69. The highest BCUT2D eigenvalue weighted by Crippen LogP contribution is 2.33. The van der Waals surface area contributed by atoms with Crippen LogP contribution in [0, 0.1) is 2.88 Å². The van der Waals surface area contributed by atoms with E-state index in [-0.39, 0.29) is 0 Å². The van der Waals surface area contributed by atoms with Crippen LogP contribution in [0.15, 0.2) is 23.6 Å². The van der Waals surface area contributed by atoms with Gasteiger partial charge in [-0.15, -0.1) is 11.3 Å². The Bertz CT molecular complexity index is 578. The summed E-state index contributed by atoms with van der Waals surface area (Å²) in [6, 6.07) is 7.41. The second-order valence-corrected chi connectivity index (χ2v) is 8.10. The summed E-state index contributed by atoms with van der Waals surface area (Å²) in [5, 5.41) is 5.83. The summed E-state index contributed by atoms with van der Waals surface area (Å²) in [6.07, 6.45) is 3.30. The molecule has 0 radical (unpaired) electrons. The monoisotopic (exact) mass is 413 g/mol. The molecule has 0 bridgehead atoms. The summed E-state index contributed by atoms with van der Waals surface area (Å²) >= 11 is 4.23. The molecule has 0 aliphatic heterocycles. The standard InChI is InChI=1S/C18H24INS/c1-5-12-8-13(6-2)17(14(7-3)9-12)18(20-4)15-10-16(19)21-11-15/h8-11,18,20H,5-7H2,1-4H3. The van der Waals surface area contributed by atoms with Gasteiger partial charge in [0.25, 0.3) is 0 Å². The molecule has 0 aliphatic carbocycles. The Hall–Kier alpha value is -0.390. The lowest BCUT2D eigenvalue weighted by Gasteiger charge is -2.23. The van der Waals surface area contributed by atoms with Crippen LogP contribution < -0.4 is 5.32 Å².